The standard InChI is InChI=1S/C30H35N5O4/c1-5-38-30(37)23-17-34(33-27(23)35(18(2)3)29(36)21-11-9-19(4)10-12-21)22-15-13-20(14-16-22)28-32-26-24(31)7-6-8-25(26)39-28/h6-8,13-19,21H,5,9-12,31H2,1-4H3. The van der Waals surface area contributed by atoms with E-state index in [4.69, 9.17) is 20.0 Å². The lowest BCUT2D eigenvalue weighted by molar-refractivity contribution is -0.124. The Morgan fingerprint density at radius 1 is 1.13 bits per heavy atom. The first-order valence-electron chi connectivity index (χ1n) is 13.6. The fourth-order valence-corrected chi connectivity index (χ4v) is 5.19. The van der Waals surface area contributed by atoms with E-state index in [-0.39, 0.29) is 30.0 Å². The van der Waals surface area contributed by atoms with Crippen LogP contribution in [0.15, 0.2) is 53.1 Å². The van der Waals surface area contributed by atoms with Crippen LogP contribution in [0, 0.1) is 11.8 Å². The molecule has 0 atom stereocenters. The number of fused-ring (bicyclic) bond motifs is 1. The van der Waals surface area contributed by atoms with Gasteiger partial charge in [0.15, 0.2) is 11.4 Å². The summed E-state index contributed by atoms with van der Waals surface area (Å²) in [5, 5.41) is 4.75. The number of nitrogen functional groups attached to an aromatic ring is 1. The monoisotopic (exact) mass is 529 g/mol. The molecule has 0 spiro atoms. The molecule has 1 saturated carbocycles. The Balaban J connectivity index is 1.49. The van der Waals surface area contributed by atoms with Gasteiger partial charge in [0.1, 0.15) is 11.1 Å². The van der Waals surface area contributed by atoms with Crippen molar-refractivity contribution in [2.75, 3.05) is 17.2 Å². The van der Waals surface area contributed by atoms with Gasteiger partial charge in [-0.15, -0.1) is 5.10 Å². The average molecular weight is 530 g/mol. The minimum atomic E-state index is -0.504. The quantitative estimate of drug-likeness (QED) is 0.230. The number of nitrogens with two attached hydrogens (primary N) is 1. The van der Waals surface area contributed by atoms with E-state index in [0.717, 1.165) is 31.2 Å². The smallest absolute Gasteiger partial charge is 0.343 e. The summed E-state index contributed by atoms with van der Waals surface area (Å²) in [6, 6.07) is 12.7. The molecule has 0 aliphatic heterocycles. The van der Waals surface area contributed by atoms with Crippen LogP contribution in [0.4, 0.5) is 11.5 Å². The number of para-hydroxylation sites is 1. The summed E-state index contributed by atoms with van der Waals surface area (Å²) >= 11 is 0. The molecule has 5 rings (SSSR count). The molecule has 9 nitrogen and oxygen atoms in total. The van der Waals surface area contributed by atoms with Crippen molar-refractivity contribution in [3.8, 4) is 17.1 Å². The predicted molar refractivity (Wildman–Crippen MR) is 151 cm³/mol. The van der Waals surface area contributed by atoms with Crippen LogP contribution in [-0.4, -0.2) is 39.3 Å². The minimum Gasteiger partial charge on any atom is -0.462 e. The van der Waals surface area contributed by atoms with Crippen molar-refractivity contribution >= 4 is 34.5 Å². The number of hydrogen-bond acceptors (Lipinski definition) is 7. The number of nitrogens with zero attached hydrogens (tertiary/aromatic N) is 4. The second kappa shape index (κ2) is 10.9. The van der Waals surface area contributed by atoms with Crippen molar-refractivity contribution in [3.63, 3.8) is 0 Å². The molecule has 1 amide bonds. The molecule has 1 fully saturated rings. The van der Waals surface area contributed by atoms with Crippen LogP contribution in [-0.2, 0) is 9.53 Å². The lowest BCUT2D eigenvalue weighted by Gasteiger charge is -2.32. The average Bonchev–Trinajstić information content (AvgIpc) is 3.55. The molecule has 0 unspecified atom stereocenters. The van der Waals surface area contributed by atoms with Crippen molar-refractivity contribution < 1.29 is 18.7 Å². The zero-order chi connectivity index (χ0) is 27.7. The molecule has 0 saturated heterocycles. The van der Waals surface area contributed by atoms with Gasteiger partial charge in [0, 0.05) is 23.7 Å². The van der Waals surface area contributed by atoms with E-state index in [1.807, 2.05) is 50.2 Å². The second-order valence-corrected chi connectivity index (χ2v) is 10.6. The summed E-state index contributed by atoms with van der Waals surface area (Å²) < 4.78 is 12.8. The van der Waals surface area contributed by atoms with E-state index in [0.29, 0.717) is 40.1 Å². The Morgan fingerprint density at radius 2 is 1.85 bits per heavy atom. The van der Waals surface area contributed by atoms with E-state index in [9.17, 15) is 9.59 Å². The van der Waals surface area contributed by atoms with Gasteiger partial charge in [0.2, 0.25) is 11.8 Å². The number of ether oxygens (including phenoxy) is 1. The highest BCUT2D eigenvalue weighted by Crippen LogP contribution is 2.33. The van der Waals surface area contributed by atoms with E-state index >= 15 is 0 Å². The summed E-state index contributed by atoms with van der Waals surface area (Å²) in [4.78, 5) is 32.9. The van der Waals surface area contributed by atoms with Gasteiger partial charge in [-0.3, -0.25) is 9.69 Å². The van der Waals surface area contributed by atoms with Crippen LogP contribution >= 0.6 is 0 Å². The van der Waals surface area contributed by atoms with Gasteiger partial charge >= 0.3 is 5.97 Å². The number of esters is 1. The highest BCUT2D eigenvalue weighted by Gasteiger charge is 2.34. The number of benzene rings is 2. The van der Waals surface area contributed by atoms with E-state index in [2.05, 4.69) is 11.9 Å². The van der Waals surface area contributed by atoms with Crippen molar-refractivity contribution in [3.05, 3.63) is 54.2 Å². The molecule has 2 heterocycles. The molecular formula is C30H35N5O4. The third-order valence-corrected chi connectivity index (χ3v) is 7.37. The maximum atomic E-state index is 13.7. The lowest BCUT2D eigenvalue weighted by Crippen LogP contribution is -2.43. The number of oxazole rings is 1. The highest BCUT2D eigenvalue weighted by molar-refractivity contribution is 6.02. The largest absolute Gasteiger partial charge is 0.462 e. The van der Waals surface area contributed by atoms with Crippen LogP contribution in [0.3, 0.4) is 0 Å². The van der Waals surface area contributed by atoms with Gasteiger partial charge in [-0.25, -0.2) is 14.5 Å². The van der Waals surface area contributed by atoms with Crippen molar-refractivity contribution in [1.82, 2.24) is 14.8 Å². The van der Waals surface area contributed by atoms with Crippen molar-refractivity contribution in [2.24, 2.45) is 11.8 Å². The summed E-state index contributed by atoms with van der Waals surface area (Å²) in [5.74, 6) is 0.847. The molecule has 2 N–H and O–H groups in total. The topological polar surface area (TPSA) is 116 Å². The maximum absolute atomic E-state index is 13.7. The first kappa shape index (κ1) is 26.5. The van der Waals surface area contributed by atoms with E-state index in [1.54, 1.807) is 28.8 Å². The second-order valence-electron chi connectivity index (χ2n) is 10.6. The minimum absolute atomic E-state index is 0.0123. The van der Waals surface area contributed by atoms with Crippen molar-refractivity contribution in [2.45, 2.75) is 59.4 Å². The Bertz CT molecular complexity index is 1480. The molecule has 1 aliphatic carbocycles. The molecule has 2 aromatic carbocycles. The molecule has 0 bridgehead atoms. The molecular weight excluding hydrogens is 494 g/mol. The molecule has 2 aromatic heterocycles. The fourth-order valence-electron chi connectivity index (χ4n) is 5.19. The van der Waals surface area contributed by atoms with Gasteiger partial charge in [-0.05, 0) is 88.8 Å². The van der Waals surface area contributed by atoms with Crippen LogP contribution in [0.5, 0.6) is 0 Å². The molecule has 9 heteroatoms. The van der Waals surface area contributed by atoms with Crippen LogP contribution < -0.4 is 10.6 Å². The number of carbonyl (C=O) groups excluding carboxylic acids is 2. The van der Waals surface area contributed by atoms with Gasteiger partial charge < -0.3 is 14.9 Å². The summed E-state index contributed by atoms with van der Waals surface area (Å²) in [6.07, 6.45) is 5.39. The SMILES string of the molecule is CCOC(=O)c1cn(-c2ccc(-c3nc4c(N)cccc4o3)cc2)nc1N(C(=O)C1CCC(C)CC1)C(C)C. The molecule has 4 aromatic rings. The Hall–Kier alpha value is -4.14. The van der Waals surface area contributed by atoms with Gasteiger partial charge in [0.05, 0.1) is 18.0 Å². The van der Waals surface area contributed by atoms with Gasteiger partial charge in [-0.2, -0.15) is 0 Å². The lowest BCUT2D eigenvalue weighted by atomic mass is 9.82. The Labute approximate surface area is 227 Å². The van der Waals surface area contributed by atoms with Crippen LogP contribution in [0.1, 0.15) is 63.7 Å². The zero-order valence-corrected chi connectivity index (χ0v) is 22.9. The Kier molecular flexibility index (Phi) is 7.41. The number of aromatic nitrogens is 3. The normalized spacial score (nSPS) is 17.5. The van der Waals surface area contributed by atoms with E-state index < -0.39 is 5.97 Å². The molecule has 0 radical (unpaired) electrons. The number of carbonyl (C=O) groups is 2. The number of rotatable bonds is 7. The zero-order valence-electron chi connectivity index (χ0n) is 22.9. The first-order chi connectivity index (χ1) is 18.8. The van der Waals surface area contributed by atoms with Crippen LogP contribution in [0.2, 0.25) is 0 Å². The van der Waals surface area contributed by atoms with E-state index in [1.165, 1.54) is 0 Å². The third-order valence-electron chi connectivity index (χ3n) is 7.37. The van der Waals surface area contributed by atoms with Gasteiger partial charge in [-0.1, -0.05) is 13.0 Å². The van der Waals surface area contributed by atoms with Gasteiger partial charge in [0.25, 0.3) is 0 Å². The fraction of sp³-hybridized carbons (Fsp3) is 0.400. The summed E-state index contributed by atoms with van der Waals surface area (Å²) in [7, 11) is 0. The number of anilines is 2. The summed E-state index contributed by atoms with van der Waals surface area (Å²) in [6.45, 7) is 8.10. The molecule has 1 aliphatic rings. The maximum Gasteiger partial charge on any atom is 0.343 e. The highest BCUT2D eigenvalue weighted by atomic mass is 16.5. The Morgan fingerprint density at radius 3 is 2.49 bits per heavy atom. The number of amides is 1. The number of hydrogen-bond donors (Lipinski definition) is 1. The molecule has 204 valence electrons. The summed E-state index contributed by atoms with van der Waals surface area (Å²) in [5.41, 5.74) is 9.59. The third kappa shape index (κ3) is 5.26. The van der Waals surface area contributed by atoms with Crippen molar-refractivity contribution in [1.29, 1.82) is 0 Å². The van der Waals surface area contributed by atoms with Crippen LogP contribution in [0.25, 0.3) is 28.2 Å². The molecule has 39 heavy (non-hydrogen) atoms. The predicted octanol–water partition coefficient (Wildman–Crippen LogP) is 6.01. The first-order valence-corrected chi connectivity index (χ1v) is 13.6.